The van der Waals surface area contributed by atoms with E-state index in [-0.39, 0.29) is 34.8 Å². The third-order valence-corrected chi connectivity index (χ3v) is 20.4. The number of fused-ring (bicyclic) bond motifs is 2. The van der Waals surface area contributed by atoms with Crippen molar-refractivity contribution in [1.82, 2.24) is 9.80 Å². The molecule has 0 N–H and O–H groups in total. The van der Waals surface area contributed by atoms with E-state index in [9.17, 15) is 21.0 Å². The van der Waals surface area contributed by atoms with E-state index in [4.69, 9.17) is 0 Å². The number of nitrogens with zero attached hydrogens (tertiary/aromatic N) is 6. The average molecular weight is 1100 g/mol. The van der Waals surface area contributed by atoms with Crippen LogP contribution in [-0.4, -0.2) is 34.7 Å². The summed E-state index contributed by atoms with van der Waals surface area (Å²) in [4.78, 5) is 35.8. The van der Waals surface area contributed by atoms with Crippen LogP contribution in [0.2, 0.25) is 0 Å². The Morgan fingerprint density at radius 3 is 0.921 bits per heavy atom. The number of rotatable bonds is 36. The fourth-order valence-electron chi connectivity index (χ4n) is 11.4. The molecule has 8 nitrogen and oxygen atoms in total. The lowest BCUT2D eigenvalue weighted by Crippen LogP contribution is -2.40. The summed E-state index contributed by atoms with van der Waals surface area (Å²) >= 11 is 5.93. The Morgan fingerprint density at radius 1 is 0.395 bits per heavy atom. The molecule has 0 saturated carbocycles. The SMILES string of the molecule is CCCCCCCCCCC(CCCCCCCC)CN1C(=O)C2=C(C(=O)N(CC(CCCCCCCC)CCCCCCCCCC)/C2=c2\cc3sc(=C(C#N)C#N)cc3s2)/C1=c1/cc2sc(=C(C#N)C#N)cc2s1. The molecular weight excluding hydrogens is 1010 g/mol. The number of amides is 2. The fourth-order valence-corrected chi connectivity index (χ4v) is 16.2. The van der Waals surface area contributed by atoms with Crippen molar-refractivity contribution in [3.05, 3.63) is 53.5 Å². The van der Waals surface area contributed by atoms with Crippen LogP contribution in [0.3, 0.4) is 0 Å². The zero-order valence-corrected chi connectivity index (χ0v) is 49.9. The van der Waals surface area contributed by atoms with Crippen LogP contribution in [0.15, 0.2) is 35.4 Å². The Labute approximate surface area is 471 Å². The normalized spacial score (nSPS) is 15.7. The van der Waals surface area contributed by atoms with Crippen molar-refractivity contribution in [2.75, 3.05) is 13.1 Å². The lowest BCUT2D eigenvalue weighted by molar-refractivity contribution is -0.124. The molecule has 0 aromatic carbocycles. The second-order valence-electron chi connectivity index (χ2n) is 21.7. The first-order chi connectivity index (χ1) is 37.2. The molecule has 0 radical (unpaired) electrons. The highest BCUT2D eigenvalue weighted by atomic mass is 32.1. The first-order valence-electron chi connectivity index (χ1n) is 29.8. The average Bonchev–Trinajstić information content (AvgIpc) is 4.28. The van der Waals surface area contributed by atoms with Crippen LogP contribution in [0.25, 0.3) is 41.3 Å². The summed E-state index contributed by atoms with van der Waals surface area (Å²) in [6.45, 7) is 10.1. The van der Waals surface area contributed by atoms with Gasteiger partial charge in [0.25, 0.3) is 11.8 Å². The van der Waals surface area contributed by atoms with Crippen LogP contribution >= 0.6 is 45.3 Å². The molecule has 12 heteroatoms. The largest absolute Gasteiger partial charge is 0.306 e. The Kier molecular flexibility index (Phi) is 26.3. The van der Waals surface area contributed by atoms with Crippen molar-refractivity contribution in [2.24, 2.45) is 11.8 Å². The number of carbonyl (C=O) groups is 2. The monoisotopic (exact) mass is 1100 g/mol. The van der Waals surface area contributed by atoms with E-state index in [1.165, 1.54) is 177 Å². The molecule has 2 atom stereocenters. The van der Waals surface area contributed by atoms with Crippen LogP contribution in [0.4, 0.5) is 0 Å². The molecule has 2 amide bonds. The van der Waals surface area contributed by atoms with E-state index in [0.29, 0.717) is 44.7 Å². The Hall–Kier alpha value is -4.56. The molecule has 0 saturated heterocycles. The van der Waals surface area contributed by atoms with E-state index >= 15 is 9.59 Å². The Balaban J connectivity index is 1.45. The molecule has 4 aromatic heterocycles. The second-order valence-corrected chi connectivity index (χ2v) is 26.1. The van der Waals surface area contributed by atoms with Gasteiger partial charge < -0.3 is 9.80 Å². The van der Waals surface area contributed by atoms with Gasteiger partial charge >= 0.3 is 0 Å². The minimum atomic E-state index is -0.0979. The maximum atomic E-state index is 15.9. The maximum absolute atomic E-state index is 15.9. The van der Waals surface area contributed by atoms with E-state index in [0.717, 1.165) is 79.2 Å². The summed E-state index contributed by atoms with van der Waals surface area (Å²) in [5.74, 6) is 0.361. The molecule has 6 heterocycles. The minimum absolute atomic E-state index is 0.0874. The highest BCUT2D eigenvalue weighted by molar-refractivity contribution is 7.26. The van der Waals surface area contributed by atoms with Crippen LogP contribution in [-0.2, 0) is 9.59 Å². The van der Waals surface area contributed by atoms with E-state index in [1.807, 2.05) is 21.9 Å². The van der Waals surface area contributed by atoms with Crippen molar-refractivity contribution in [2.45, 2.75) is 233 Å². The van der Waals surface area contributed by atoms with E-state index in [1.54, 1.807) is 22.7 Å². The van der Waals surface area contributed by atoms with Crippen molar-refractivity contribution >= 4 is 98.5 Å². The highest BCUT2D eigenvalue weighted by Gasteiger charge is 2.50. The van der Waals surface area contributed by atoms with Gasteiger partial charge in [0.15, 0.2) is 0 Å². The molecule has 2 unspecified atom stereocenters. The number of nitriles is 4. The molecule has 408 valence electrons. The standard InChI is InChI=1S/C64H86N6O2S4/c1-5-9-13-17-21-23-27-31-35-47(33-29-25-19-15-11-7-3)45-69-61(57-39-55-53(75-57)37-51(73-55)49(41-65)42-66)59-60(63(69)71)62(58-40-56-54(76-58)38-52(74-56)50(43-67)44-68)70(64(59)72)46-48(34-30-26-20-16-12-8-4)36-32-28-24-22-18-14-10-6-2/h37-40,47-48H,5-36,45-46H2,1-4H3/b61-57+,62-58+. The lowest BCUT2D eigenvalue weighted by atomic mass is 9.93. The Morgan fingerprint density at radius 2 is 0.658 bits per heavy atom. The highest BCUT2D eigenvalue weighted by Crippen LogP contribution is 2.45. The van der Waals surface area contributed by atoms with Crippen LogP contribution in [0.5, 0.6) is 0 Å². The number of unbranched alkanes of at least 4 members (excludes halogenated alkanes) is 24. The zero-order chi connectivity index (χ0) is 54.1. The summed E-state index contributed by atoms with van der Waals surface area (Å²) in [5, 5.41) is 39.1. The summed E-state index contributed by atoms with van der Waals surface area (Å²) in [6, 6.07) is 16.3. The van der Waals surface area contributed by atoms with Crippen molar-refractivity contribution in [3.63, 3.8) is 0 Å². The summed E-state index contributed by atoms with van der Waals surface area (Å²) in [6.07, 6.45) is 38.7. The van der Waals surface area contributed by atoms with E-state index in [2.05, 4.69) is 64.1 Å². The van der Waals surface area contributed by atoms with Gasteiger partial charge in [-0.05, 0) is 61.8 Å². The van der Waals surface area contributed by atoms with Gasteiger partial charge in [-0.3, -0.25) is 9.59 Å². The van der Waals surface area contributed by atoms with Gasteiger partial charge in [0.1, 0.15) is 35.4 Å². The summed E-state index contributed by atoms with van der Waals surface area (Å²) in [5.41, 5.74) is 2.62. The number of hydrogen-bond acceptors (Lipinski definition) is 10. The molecule has 4 aromatic rings. The minimum Gasteiger partial charge on any atom is -0.306 e. The number of carbonyl (C=O) groups excluding carboxylic acids is 2. The predicted molar refractivity (Wildman–Crippen MR) is 322 cm³/mol. The molecule has 2 aliphatic heterocycles. The Bertz CT molecular complexity index is 2690. The van der Waals surface area contributed by atoms with Crippen LogP contribution in [0.1, 0.15) is 233 Å². The smallest absolute Gasteiger partial charge is 0.261 e. The number of hydrogen-bond donors (Lipinski definition) is 0. The summed E-state index contributed by atoms with van der Waals surface area (Å²) in [7, 11) is 0. The molecular formula is C64H86N6O2S4. The first kappa shape index (κ1) is 60.7. The van der Waals surface area contributed by atoms with Crippen molar-refractivity contribution in [3.8, 4) is 24.3 Å². The van der Waals surface area contributed by atoms with Gasteiger partial charge in [-0.2, -0.15) is 21.0 Å². The van der Waals surface area contributed by atoms with Crippen LogP contribution < -0.4 is 18.1 Å². The van der Waals surface area contributed by atoms with Gasteiger partial charge in [0.2, 0.25) is 0 Å². The maximum Gasteiger partial charge on any atom is 0.261 e. The van der Waals surface area contributed by atoms with E-state index < -0.39 is 0 Å². The molecule has 0 fully saturated rings. The third-order valence-electron chi connectivity index (χ3n) is 15.7. The zero-order valence-electron chi connectivity index (χ0n) is 46.6. The molecule has 0 spiro atoms. The van der Waals surface area contributed by atoms with Gasteiger partial charge in [0, 0.05) is 31.9 Å². The first-order valence-corrected chi connectivity index (χ1v) is 33.1. The molecule has 6 rings (SSSR count). The number of thiophene rings is 4. The lowest BCUT2D eigenvalue weighted by Gasteiger charge is -2.31. The molecule has 76 heavy (non-hydrogen) atoms. The quantitative estimate of drug-likeness (QED) is 0.0416. The van der Waals surface area contributed by atoms with Crippen LogP contribution in [0, 0.1) is 57.2 Å². The third kappa shape index (κ3) is 16.7. The van der Waals surface area contributed by atoms with Gasteiger partial charge in [-0.1, -0.05) is 207 Å². The van der Waals surface area contributed by atoms with Gasteiger partial charge in [-0.25, -0.2) is 0 Å². The predicted octanol–water partition coefficient (Wildman–Crippen LogP) is 16.3. The van der Waals surface area contributed by atoms with Crippen molar-refractivity contribution in [1.29, 1.82) is 21.0 Å². The molecule has 0 bridgehead atoms. The second kappa shape index (κ2) is 33.0. The van der Waals surface area contributed by atoms with Gasteiger partial charge in [0.05, 0.1) is 40.7 Å². The van der Waals surface area contributed by atoms with Gasteiger partial charge in [-0.15, -0.1) is 45.3 Å². The fraction of sp³-hybridized carbons (Fsp3) is 0.625. The van der Waals surface area contributed by atoms with Crippen molar-refractivity contribution < 1.29 is 9.59 Å². The topological polar surface area (TPSA) is 136 Å². The summed E-state index contributed by atoms with van der Waals surface area (Å²) < 4.78 is 6.75. The molecule has 0 aliphatic carbocycles. The molecule has 2 aliphatic rings.